The van der Waals surface area contributed by atoms with Crippen molar-refractivity contribution in [2.24, 2.45) is 5.92 Å². The first kappa shape index (κ1) is 22.5. The maximum atomic E-state index is 12.7. The summed E-state index contributed by atoms with van der Waals surface area (Å²) in [4.78, 5) is 27.0. The van der Waals surface area contributed by atoms with Gasteiger partial charge < -0.3 is 10.2 Å². The van der Waals surface area contributed by atoms with Crippen LogP contribution in [0.25, 0.3) is 0 Å². The highest BCUT2D eigenvalue weighted by Crippen LogP contribution is 2.30. The summed E-state index contributed by atoms with van der Waals surface area (Å²) < 4.78 is 0.841. The highest BCUT2D eigenvalue weighted by atomic mass is 32.2. The van der Waals surface area contributed by atoms with E-state index in [0.29, 0.717) is 11.7 Å². The largest absolute Gasteiger partial charge is 0.311 e. The van der Waals surface area contributed by atoms with Gasteiger partial charge in [0.1, 0.15) is 0 Å². The number of benzene rings is 2. The summed E-state index contributed by atoms with van der Waals surface area (Å²) >= 11 is 3.03. The van der Waals surface area contributed by atoms with E-state index >= 15 is 0 Å². The highest BCUT2D eigenvalue weighted by Gasteiger charge is 2.36. The normalized spacial score (nSPS) is 15.9. The maximum Gasteiger partial charge on any atom is 0.231 e. The van der Waals surface area contributed by atoms with Crippen LogP contribution >= 0.6 is 23.1 Å². The molecule has 2 aromatic carbocycles. The SMILES string of the molecule is Cc1ccc(N2CC(C(=O)Nc3nnc(SCCCc4ccccc4)s3)CC2=O)c(C)c1. The average Bonchev–Trinajstić information content (AvgIpc) is 3.38. The van der Waals surface area contributed by atoms with E-state index in [9.17, 15) is 9.59 Å². The van der Waals surface area contributed by atoms with E-state index in [1.807, 2.05) is 32.0 Å². The Balaban J connectivity index is 1.27. The van der Waals surface area contributed by atoms with Crippen molar-refractivity contribution in [2.45, 2.75) is 37.4 Å². The molecule has 4 rings (SSSR count). The number of rotatable bonds is 8. The number of anilines is 2. The molecule has 2 amide bonds. The minimum absolute atomic E-state index is 0.0240. The number of aryl methyl sites for hydroxylation is 3. The molecule has 0 saturated carbocycles. The number of nitrogens with one attached hydrogen (secondary N) is 1. The summed E-state index contributed by atoms with van der Waals surface area (Å²) in [6, 6.07) is 16.4. The van der Waals surface area contributed by atoms with Crippen LogP contribution in [-0.4, -0.2) is 34.3 Å². The average molecular weight is 467 g/mol. The lowest BCUT2D eigenvalue weighted by molar-refractivity contribution is -0.122. The fraction of sp³-hybridized carbons (Fsp3) is 0.333. The molecule has 3 aromatic rings. The molecule has 1 aliphatic heterocycles. The van der Waals surface area contributed by atoms with Crippen molar-refractivity contribution in [2.75, 3.05) is 22.5 Å². The summed E-state index contributed by atoms with van der Waals surface area (Å²) in [6.45, 7) is 4.40. The second-order valence-electron chi connectivity index (χ2n) is 8.00. The lowest BCUT2D eigenvalue weighted by atomic mass is 10.1. The topological polar surface area (TPSA) is 75.2 Å². The van der Waals surface area contributed by atoms with Crippen molar-refractivity contribution in [1.82, 2.24) is 10.2 Å². The zero-order chi connectivity index (χ0) is 22.5. The molecule has 0 radical (unpaired) electrons. The van der Waals surface area contributed by atoms with E-state index in [1.54, 1.807) is 16.7 Å². The van der Waals surface area contributed by atoms with E-state index in [-0.39, 0.29) is 18.2 Å². The van der Waals surface area contributed by atoms with Crippen LogP contribution in [0.3, 0.4) is 0 Å². The monoisotopic (exact) mass is 466 g/mol. The second kappa shape index (κ2) is 10.3. The molecule has 6 nitrogen and oxygen atoms in total. The Morgan fingerprint density at radius 1 is 1.19 bits per heavy atom. The van der Waals surface area contributed by atoms with Gasteiger partial charge in [0.25, 0.3) is 0 Å². The minimum atomic E-state index is -0.394. The molecule has 166 valence electrons. The maximum absolute atomic E-state index is 12.7. The van der Waals surface area contributed by atoms with Crippen molar-refractivity contribution < 1.29 is 9.59 Å². The van der Waals surface area contributed by atoms with Crippen LogP contribution in [0.15, 0.2) is 52.9 Å². The van der Waals surface area contributed by atoms with Gasteiger partial charge in [-0.2, -0.15) is 0 Å². The Morgan fingerprint density at radius 3 is 2.78 bits per heavy atom. The molecule has 32 heavy (non-hydrogen) atoms. The lowest BCUT2D eigenvalue weighted by Crippen LogP contribution is -2.28. The highest BCUT2D eigenvalue weighted by molar-refractivity contribution is 8.01. The number of carbonyl (C=O) groups excluding carboxylic acids is 2. The molecule has 1 unspecified atom stereocenters. The molecule has 0 spiro atoms. The number of hydrogen-bond acceptors (Lipinski definition) is 6. The number of aromatic nitrogens is 2. The number of thioether (sulfide) groups is 1. The van der Waals surface area contributed by atoms with Crippen LogP contribution in [0.4, 0.5) is 10.8 Å². The van der Waals surface area contributed by atoms with Crippen LogP contribution in [0.2, 0.25) is 0 Å². The van der Waals surface area contributed by atoms with Gasteiger partial charge >= 0.3 is 0 Å². The van der Waals surface area contributed by atoms with E-state index in [0.717, 1.165) is 39.7 Å². The summed E-state index contributed by atoms with van der Waals surface area (Å²) in [7, 11) is 0. The van der Waals surface area contributed by atoms with Gasteiger partial charge in [-0.15, -0.1) is 10.2 Å². The first-order valence-corrected chi connectivity index (χ1v) is 12.5. The molecule has 2 heterocycles. The Kier molecular flexibility index (Phi) is 7.22. The number of hydrogen-bond donors (Lipinski definition) is 1. The van der Waals surface area contributed by atoms with Crippen molar-refractivity contribution in [3.63, 3.8) is 0 Å². The number of nitrogens with zero attached hydrogens (tertiary/aromatic N) is 3. The summed E-state index contributed by atoms with van der Waals surface area (Å²) in [5.74, 6) is 0.347. The van der Waals surface area contributed by atoms with Crippen molar-refractivity contribution >= 4 is 45.7 Å². The molecule has 0 bridgehead atoms. The fourth-order valence-corrected chi connectivity index (χ4v) is 5.60. The van der Waals surface area contributed by atoms with Crippen LogP contribution in [0.5, 0.6) is 0 Å². The third-order valence-electron chi connectivity index (χ3n) is 5.45. The van der Waals surface area contributed by atoms with Gasteiger partial charge in [-0.05, 0) is 43.9 Å². The van der Waals surface area contributed by atoms with E-state index < -0.39 is 5.92 Å². The van der Waals surface area contributed by atoms with Crippen molar-refractivity contribution in [3.05, 3.63) is 65.2 Å². The van der Waals surface area contributed by atoms with Crippen LogP contribution in [0, 0.1) is 19.8 Å². The molecule has 1 aromatic heterocycles. The van der Waals surface area contributed by atoms with Gasteiger partial charge in [0, 0.05) is 24.4 Å². The molecule has 1 atom stereocenters. The Morgan fingerprint density at radius 2 is 2.00 bits per heavy atom. The molecular formula is C24H26N4O2S2. The Labute approximate surface area is 196 Å². The molecule has 1 fully saturated rings. The van der Waals surface area contributed by atoms with Gasteiger partial charge in [-0.1, -0.05) is 71.1 Å². The summed E-state index contributed by atoms with van der Waals surface area (Å²) in [6.07, 6.45) is 2.29. The molecule has 1 saturated heterocycles. The fourth-order valence-electron chi connectivity index (χ4n) is 3.83. The molecule has 1 aliphatic rings. The van der Waals surface area contributed by atoms with Gasteiger partial charge in [0.15, 0.2) is 4.34 Å². The zero-order valence-electron chi connectivity index (χ0n) is 18.2. The third kappa shape index (κ3) is 5.55. The summed E-state index contributed by atoms with van der Waals surface area (Å²) in [5, 5.41) is 11.6. The predicted octanol–water partition coefficient (Wildman–Crippen LogP) is 4.87. The molecular weight excluding hydrogens is 440 g/mol. The number of amides is 2. The number of carbonyl (C=O) groups is 2. The Bertz CT molecular complexity index is 1100. The van der Waals surface area contributed by atoms with Gasteiger partial charge in [-0.3, -0.25) is 9.59 Å². The van der Waals surface area contributed by atoms with Crippen molar-refractivity contribution in [1.29, 1.82) is 0 Å². The predicted molar refractivity (Wildman–Crippen MR) is 130 cm³/mol. The molecule has 1 N–H and O–H groups in total. The van der Waals surface area contributed by atoms with Gasteiger partial charge in [0.05, 0.1) is 5.92 Å². The van der Waals surface area contributed by atoms with E-state index in [4.69, 9.17) is 0 Å². The zero-order valence-corrected chi connectivity index (χ0v) is 19.8. The lowest BCUT2D eigenvalue weighted by Gasteiger charge is -2.19. The molecule has 0 aliphatic carbocycles. The first-order valence-electron chi connectivity index (χ1n) is 10.7. The Hall–Kier alpha value is -2.71. The second-order valence-corrected chi connectivity index (χ2v) is 10.3. The third-order valence-corrected chi connectivity index (χ3v) is 7.51. The van der Waals surface area contributed by atoms with E-state index in [1.165, 1.54) is 16.9 Å². The van der Waals surface area contributed by atoms with Crippen LogP contribution < -0.4 is 10.2 Å². The van der Waals surface area contributed by atoms with E-state index in [2.05, 4.69) is 45.8 Å². The van der Waals surface area contributed by atoms with Crippen LogP contribution in [-0.2, 0) is 16.0 Å². The van der Waals surface area contributed by atoms with Gasteiger partial charge in [-0.25, -0.2) is 0 Å². The smallest absolute Gasteiger partial charge is 0.231 e. The quantitative estimate of drug-likeness (QED) is 0.291. The standard InChI is InChI=1S/C24H26N4O2S2/c1-16-10-11-20(17(2)13-16)28-15-19(14-21(28)29)22(30)25-23-26-27-24(32-23)31-12-6-9-18-7-4-3-5-8-18/h3-5,7-8,10-11,13,19H,6,9,12,14-15H2,1-2H3,(H,25,26,30). The van der Waals surface area contributed by atoms with Gasteiger partial charge in [0.2, 0.25) is 16.9 Å². The van der Waals surface area contributed by atoms with Crippen LogP contribution in [0.1, 0.15) is 29.5 Å². The van der Waals surface area contributed by atoms with Crippen molar-refractivity contribution in [3.8, 4) is 0 Å². The minimum Gasteiger partial charge on any atom is -0.311 e. The molecule has 8 heteroatoms. The summed E-state index contributed by atoms with van der Waals surface area (Å²) in [5.41, 5.74) is 4.40. The first-order chi connectivity index (χ1) is 15.5.